The highest BCUT2D eigenvalue weighted by atomic mass is 127. The van der Waals surface area contributed by atoms with Gasteiger partial charge in [-0.15, -0.1) is 0 Å². The minimum atomic E-state index is 0.0768. The van der Waals surface area contributed by atoms with E-state index in [1.165, 1.54) is 0 Å². The molecule has 0 radical (unpaired) electrons. The van der Waals surface area contributed by atoms with Gasteiger partial charge in [0.05, 0.1) is 0 Å². The maximum atomic E-state index is 12.8. The molecule has 4 heteroatoms. The molecule has 3 nitrogen and oxygen atoms in total. The van der Waals surface area contributed by atoms with Crippen LogP contribution in [0, 0.1) is 9.49 Å². The summed E-state index contributed by atoms with van der Waals surface area (Å²) in [6.07, 6.45) is 5.80. The van der Waals surface area contributed by atoms with Crippen LogP contribution in [0.1, 0.15) is 48.9 Å². The predicted molar refractivity (Wildman–Crippen MR) is 90.2 cm³/mol. The molecule has 1 aliphatic carbocycles. The number of nitrogens with zero attached hydrogens (tertiary/aromatic N) is 1. The molecule has 21 heavy (non-hydrogen) atoms. The fourth-order valence-corrected chi connectivity index (χ4v) is 4.21. The van der Waals surface area contributed by atoms with Crippen molar-refractivity contribution >= 4 is 34.3 Å². The average Bonchev–Trinajstić information content (AvgIpc) is 2.96. The number of likely N-dealkylation sites (tertiary alicyclic amines) is 1. The van der Waals surface area contributed by atoms with Gasteiger partial charge in [-0.3, -0.25) is 9.59 Å². The van der Waals surface area contributed by atoms with Crippen LogP contribution in [0.2, 0.25) is 0 Å². The van der Waals surface area contributed by atoms with E-state index >= 15 is 0 Å². The van der Waals surface area contributed by atoms with Gasteiger partial charge in [-0.05, 0) is 66.5 Å². The zero-order valence-corrected chi connectivity index (χ0v) is 14.2. The molecule has 1 aromatic carbocycles. The van der Waals surface area contributed by atoms with Crippen LogP contribution in [-0.4, -0.2) is 29.2 Å². The van der Waals surface area contributed by atoms with Gasteiger partial charge >= 0.3 is 0 Å². The third kappa shape index (κ3) is 3.15. The molecule has 2 atom stereocenters. The number of Topliss-reactive ketones (excluding diaryl/α,β-unsaturated/α-hetero) is 1. The fraction of sp³-hybridized carbons (Fsp3) is 0.529. The van der Waals surface area contributed by atoms with Gasteiger partial charge in [0.2, 0.25) is 0 Å². The minimum Gasteiger partial charge on any atom is -0.335 e. The third-order valence-electron chi connectivity index (χ3n) is 4.70. The van der Waals surface area contributed by atoms with E-state index in [0.29, 0.717) is 12.2 Å². The summed E-state index contributed by atoms with van der Waals surface area (Å²) in [6, 6.07) is 7.85. The molecule has 2 unspecified atom stereocenters. The van der Waals surface area contributed by atoms with Gasteiger partial charge in [-0.2, -0.15) is 0 Å². The Morgan fingerprint density at radius 2 is 2.05 bits per heavy atom. The molecule has 1 saturated heterocycles. The van der Waals surface area contributed by atoms with Crippen LogP contribution in [0.25, 0.3) is 0 Å². The Morgan fingerprint density at radius 3 is 2.81 bits per heavy atom. The number of amides is 1. The molecule has 1 aliphatic heterocycles. The summed E-state index contributed by atoms with van der Waals surface area (Å²) in [5.41, 5.74) is 0.747. The van der Waals surface area contributed by atoms with Crippen LogP contribution in [0.5, 0.6) is 0 Å². The van der Waals surface area contributed by atoms with Crippen LogP contribution in [0.15, 0.2) is 24.3 Å². The van der Waals surface area contributed by atoms with E-state index in [4.69, 9.17) is 0 Å². The maximum absolute atomic E-state index is 12.8. The second-order valence-corrected chi connectivity index (χ2v) is 7.28. The molecular weight excluding hydrogens is 377 g/mol. The third-order valence-corrected chi connectivity index (χ3v) is 5.37. The molecule has 0 aromatic heterocycles. The number of hydrogen-bond acceptors (Lipinski definition) is 2. The number of halogens is 1. The van der Waals surface area contributed by atoms with E-state index < -0.39 is 0 Å². The smallest absolute Gasteiger partial charge is 0.254 e. The fourth-order valence-electron chi connectivity index (χ4n) is 3.67. The topological polar surface area (TPSA) is 37.4 Å². The number of rotatable bonds is 2. The first-order chi connectivity index (χ1) is 10.2. The van der Waals surface area contributed by atoms with Crippen LogP contribution in [-0.2, 0) is 4.79 Å². The Balaban J connectivity index is 1.80. The highest BCUT2D eigenvalue weighted by Crippen LogP contribution is 2.33. The largest absolute Gasteiger partial charge is 0.335 e. The molecule has 1 saturated carbocycles. The van der Waals surface area contributed by atoms with Crippen molar-refractivity contribution in [2.75, 3.05) is 6.54 Å². The molecule has 1 amide bonds. The molecule has 1 aromatic rings. The Labute approximate surface area is 139 Å². The molecule has 3 rings (SSSR count). The summed E-state index contributed by atoms with van der Waals surface area (Å²) < 4.78 is 1.07. The van der Waals surface area contributed by atoms with Gasteiger partial charge in [0, 0.05) is 34.1 Å². The van der Waals surface area contributed by atoms with Crippen LogP contribution < -0.4 is 0 Å². The Hall–Kier alpha value is -0.910. The van der Waals surface area contributed by atoms with Crippen molar-refractivity contribution in [3.8, 4) is 0 Å². The molecule has 0 spiro atoms. The van der Waals surface area contributed by atoms with Gasteiger partial charge in [0.25, 0.3) is 5.91 Å². The SMILES string of the molecule is O=C1CCCCC1C1CCCN1C(=O)c1cccc(I)c1. The van der Waals surface area contributed by atoms with Crippen molar-refractivity contribution < 1.29 is 9.59 Å². The van der Waals surface area contributed by atoms with E-state index in [1.807, 2.05) is 29.2 Å². The van der Waals surface area contributed by atoms with Crippen molar-refractivity contribution in [2.45, 2.75) is 44.6 Å². The number of carbonyl (C=O) groups is 2. The van der Waals surface area contributed by atoms with Gasteiger partial charge in [0.1, 0.15) is 5.78 Å². The van der Waals surface area contributed by atoms with E-state index in [9.17, 15) is 9.59 Å². The molecular formula is C17H20INO2. The zero-order chi connectivity index (χ0) is 14.8. The molecule has 0 N–H and O–H groups in total. The van der Waals surface area contributed by atoms with Crippen molar-refractivity contribution in [1.29, 1.82) is 0 Å². The van der Waals surface area contributed by atoms with Crippen LogP contribution in [0.4, 0.5) is 0 Å². The monoisotopic (exact) mass is 397 g/mol. The first-order valence-corrected chi connectivity index (χ1v) is 8.84. The quantitative estimate of drug-likeness (QED) is 0.715. The Morgan fingerprint density at radius 1 is 1.19 bits per heavy atom. The molecule has 0 bridgehead atoms. The highest BCUT2D eigenvalue weighted by molar-refractivity contribution is 14.1. The summed E-state index contributed by atoms with van der Waals surface area (Å²) in [7, 11) is 0. The lowest BCUT2D eigenvalue weighted by molar-refractivity contribution is -0.126. The van der Waals surface area contributed by atoms with E-state index in [0.717, 1.165) is 47.8 Å². The maximum Gasteiger partial charge on any atom is 0.254 e. The molecule has 2 aliphatic rings. The second kappa shape index (κ2) is 6.46. The van der Waals surface area contributed by atoms with Gasteiger partial charge < -0.3 is 4.90 Å². The predicted octanol–water partition coefficient (Wildman–Crippen LogP) is 3.66. The number of carbonyl (C=O) groups excluding carboxylic acids is 2. The lowest BCUT2D eigenvalue weighted by atomic mass is 9.81. The number of benzene rings is 1. The van der Waals surface area contributed by atoms with Crippen molar-refractivity contribution in [1.82, 2.24) is 4.90 Å². The standard InChI is InChI=1S/C17H20INO2/c18-13-6-3-5-12(11-13)17(21)19-10-4-8-15(19)14-7-1-2-9-16(14)20/h3,5-6,11,14-15H,1-2,4,7-10H2. The van der Waals surface area contributed by atoms with Crippen LogP contribution in [0.3, 0.4) is 0 Å². The lowest BCUT2D eigenvalue weighted by Gasteiger charge is -2.33. The first-order valence-electron chi connectivity index (χ1n) is 7.76. The summed E-state index contributed by atoms with van der Waals surface area (Å²) in [6.45, 7) is 0.790. The lowest BCUT2D eigenvalue weighted by Crippen LogP contribution is -2.43. The Kier molecular flexibility index (Phi) is 4.62. The van der Waals surface area contributed by atoms with Crippen molar-refractivity contribution in [3.63, 3.8) is 0 Å². The van der Waals surface area contributed by atoms with E-state index in [1.54, 1.807) is 0 Å². The molecule has 2 fully saturated rings. The van der Waals surface area contributed by atoms with Gasteiger partial charge in [-0.1, -0.05) is 12.5 Å². The Bertz CT molecular complexity index is 557. The number of ketones is 1. The van der Waals surface area contributed by atoms with Crippen molar-refractivity contribution in [3.05, 3.63) is 33.4 Å². The van der Waals surface area contributed by atoms with Crippen LogP contribution >= 0.6 is 22.6 Å². The molecule has 1 heterocycles. The van der Waals surface area contributed by atoms with E-state index in [-0.39, 0.29) is 17.9 Å². The zero-order valence-electron chi connectivity index (χ0n) is 12.1. The summed E-state index contributed by atoms with van der Waals surface area (Å²) in [4.78, 5) is 26.9. The minimum absolute atomic E-state index is 0.0768. The second-order valence-electron chi connectivity index (χ2n) is 6.04. The summed E-state index contributed by atoms with van der Waals surface area (Å²) in [5, 5.41) is 0. The summed E-state index contributed by atoms with van der Waals surface area (Å²) in [5.74, 6) is 0.538. The molecule has 112 valence electrons. The summed E-state index contributed by atoms with van der Waals surface area (Å²) >= 11 is 2.23. The number of hydrogen-bond donors (Lipinski definition) is 0. The highest BCUT2D eigenvalue weighted by Gasteiger charge is 2.39. The first kappa shape index (κ1) is 15.0. The van der Waals surface area contributed by atoms with Crippen molar-refractivity contribution in [2.24, 2.45) is 5.92 Å². The van der Waals surface area contributed by atoms with Gasteiger partial charge in [-0.25, -0.2) is 0 Å². The van der Waals surface area contributed by atoms with Gasteiger partial charge in [0.15, 0.2) is 0 Å². The van der Waals surface area contributed by atoms with E-state index in [2.05, 4.69) is 22.6 Å². The average molecular weight is 397 g/mol. The normalized spacial score (nSPS) is 26.1.